The maximum Gasteiger partial charge on any atom is 0.0542 e. The van der Waals surface area contributed by atoms with Crippen molar-refractivity contribution in [3.05, 3.63) is 12.0 Å². The number of hydrogen-bond donors (Lipinski definition) is 1. The van der Waals surface area contributed by atoms with Gasteiger partial charge in [-0.15, -0.1) is 11.8 Å². The molecule has 0 bridgehead atoms. The summed E-state index contributed by atoms with van der Waals surface area (Å²) in [5, 5.41) is 5.39. The minimum absolute atomic E-state index is 0.498. The van der Waals surface area contributed by atoms with Gasteiger partial charge in [0.2, 0.25) is 0 Å². The van der Waals surface area contributed by atoms with Crippen molar-refractivity contribution < 1.29 is 0 Å². The van der Waals surface area contributed by atoms with Crippen LogP contribution in [-0.4, -0.2) is 12.4 Å². The Morgan fingerprint density at radius 3 is 2.57 bits per heavy atom. The predicted octanol–water partition coefficient (Wildman–Crippen LogP) is 1.43. The van der Waals surface area contributed by atoms with Crippen LogP contribution in [0, 0.1) is 0 Å². The normalized spacial score (nSPS) is 13.4. The van der Waals surface area contributed by atoms with Crippen LogP contribution in [0.3, 0.4) is 0 Å². The second-order valence-electron chi connectivity index (χ2n) is 1.23. The molecular weight excluding hydrogens is 106 g/mol. The highest BCUT2D eigenvalue weighted by molar-refractivity contribution is 8.02. The summed E-state index contributed by atoms with van der Waals surface area (Å²) in [6.07, 6.45) is 0. The van der Waals surface area contributed by atoms with E-state index < -0.39 is 0 Å². The monoisotopic (exact) mass is 117 g/mol. The SMILES string of the molecule is C=CSC(C)NC. The molecule has 0 aromatic heterocycles. The van der Waals surface area contributed by atoms with Crippen LogP contribution in [0.2, 0.25) is 0 Å². The maximum absolute atomic E-state index is 3.57. The first-order valence-electron chi connectivity index (χ1n) is 2.25. The van der Waals surface area contributed by atoms with Gasteiger partial charge in [0.1, 0.15) is 0 Å². The van der Waals surface area contributed by atoms with Crippen molar-refractivity contribution in [1.82, 2.24) is 5.32 Å². The zero-order valence-corrected chi connectivity index (χ0v) is 5.59. The van der Waals surface area contributed by atoms with Gasteiger partial charge >= 0.3 is 0 Å². The fourth-order valence-corrected chi connectivity index (χ4v) is 0.637. The van der Waals surface area contributed by atoms with E-state index >= 15 is 0 Å². The van der Waals surface area contributed by atoms with E-state index in [0.29, 0.717) is 5.37 Å². The molecule has 0 spiro atoms. The summed E-state index contributed by atoms with van der Waals surface area (Å²) in [7, 11) is 1.93. The van der Waals surface area contributed by atoms with Crippen LogP contribution in [0.5, 0.6) is 0 Å². The minimum Gasteiger partial charge on any atom is -0.308 e. The predicted molar refractivity (Wildman–Crippen MR) is 36.3 cm³/mol. The van der Waals surface area contributed by atoms with Crippen LogP contribution in [0.4, 0.5) is 0 Å². The Hall–Kier alpha value is 0.0500. The Bertz CT molecular complexity index is 54.0. The molecule has 0 aliphatic carbocycles. The molecule has 0 fully saturated rings. The van der Waals surface area contributed by atoms with Crippen molar-refractivity contribution in [3.63, 3.8) is 0 Å². The van der Waals surface area contributed by atoms with E-state index in [1.807, 2.05) is 12.5 Å². The van der Waals surface area contributed by atoms with Gasteiger partial charge in [-0.05, 0) is 19.4 Å². The number of nitrogens with one attached hydrogen (secondary N) is 1. The second-order valence-corrected chi connectivity index (χ2v) is 2.55. The average Bonchev–Trinajstić information content (AvgIpc) is 1.68. The molecule has 0 amide bonds. The van der Waals surface area contributed by atoms with Crippen LogP contribution in [0.25, 0.3) is 0 Å². The molecule has 42 valence electrons. The average molecular weight is 117 g/mol. The number of thioether (sulfide) groups is 1. The summed E-state index contributed by atoms with van der Waals surface area (Å²) in [4.78, 5) is 0. The second kappa shape index (κ2) is 4.22. The topological polar surface area (TPSA) is 12.0 Å². The van der Waals surface area contributed by atoms with Crippen LogP contribution < -0.4 is 5.32 Å². The quantitative estimate of drug-likeness (QED) is 0.561. The summed E-state index contributed by atoms with van der Waals surface area (Å²) in [6.45, 7) is 5.66. The van der Waals surface area contributed by atoms with E-state index in [9.17, 15) is 0 Å². The smallest absolute Gasteiger partial charge is 0.0542 e. The Labute approximate surface area is 49.2 Å². The highest BCUT2D eigenvalue weighted by Crippen LogP contribution is 2.04. The molecule has 0 saturated heterocycles. The third kappa shape index (κ3) is 3.89. The molecule has 0 saturated carbocycles. The fraction of sp³-hybridized carbons (Fsp3) is 0.600. The van der Waals surface area contributed by atoms with Gasteiger partial charge in [-0.1, -0.05) is 6.58 Å². The van der Waals surface area contributed by atoms with Crippen LogP contribution in [0.1, 0.15) is 6.92 Å². The van der Waals surface area contributed by atoms with Crippen LogP contribution in [-0.2, 0) is 0 Å². The van der Waals surface area contributed by atoms with Gasteiger partial charge in [0.25, 0.3) is 0 Å². The first kappa shape index (κ1) is 7.05. The molecule has 0 aliphatic heterocycles. The first-order valence-corrected chi connectivity index (χ1v) is 3.19. The molecule has 0 rings (SSSR count). The van der Waals surface area contributed by atoms with E-state index in [-0.39, 0.29) is 0 Å². The molecule has 1 atom stereocenters. The van der Waals surface area contributed by atoms with Crippen molar-refractivity contribution in [1.29, 1.82) is 0 Å². The standard InChI is InChI=1S/C5H11NS/c1-4-7-5(2)6-3/h4-6H,1H2,2-3H3. The Kier molecular flexibility index (Phi) is 4.25. The van der Waals surface area contributed by atoms with Gasteiger partial charge in [-0.2, -0.15) is 0 Å². The summed E-state index contributed by atoms with van der Waals surface area (Å²) in [5.41, 5.74) is 0. The third-order valence-corrected chi connectivity index (χ3v) is 1.54. The summed E-state index contributed by atoms with van der Waals surface area (Å²) >= 11 is 1.68. The van der Waals surface area contributed by atoms with E-state index in [2.05, 4.69) is 18.8 Å². The van der Waals surface area contributed by atoms with E-state index in [4.69, 9.17) is 0 Å². The molecule has 1 N–H and O–H groups in total. The lowest BCUT2D eigenvalue weighted by Crippen LogP contribution is -2.15. The van der Waals surface area contributed by atoms with Crippen molar-refractivity contribution >= 4 is 11.8 Å². The Morgan fingerprint density at radius 1 is 1.86 bits per heavy atom. The highest BCUT2D eigenvalue weighted by atomic mass is 32.2. The van der Waals surface area contributed by atoms with E-state index in [1.54, 1.807) is 11.8 Å². The molecule has 1 unspecified atom stereocenters. The summed E-state index contributed by atoms with van der Waals surface area (Å²) in [5.74, 6) is 0. The Morgan fingerprint density at radius 2 is 2.43 bits per heavy atom. The lowest BCUT2D eigenvalue weighted by Gasteiger charge is -2.02. The van der Waals surface area contributed by atoms with Gasteiger partial charge < -0.3 is 5.32 Å². The van der Waals surface area contributed by atoms with E-state index in [1.165, 1.54) is 0 Å². The molecule has 7 heavy (non-hydrogen) atoms. The van der Waals surface area contributed by atoms with Gasteiger partial charge in [-0.3, -0.25) is 0 Å². The van der Waals surface area contributed by atoms with Crippen molar-refractivity contribution in [2.75, 3.05) is 7.05 Å². The summed E-state index contributed by atoms with van der Waals surface area (Å²) in [6, 6.07) is 0. The molecule has 0 aliphatic rings. The minimum atomic E-state index is 0.498. The molecule has 0 radical (unpaired) electrons. The van der Waals surface area contributed by atoms with E-state index in [0.717, 1.165) is 0 Å². The van der Waals surface area contributed by atoms with Crippen molar-refractivity contribution in [2.45, 2.75) is 12.3 Å². The first-order chi connectivity index (χ1) is 3.31. The zero-order valence-electron chi connectivity index (χ0n) is 4.77. The number of hydrogen-bond acceptors (Lipinski definition) is 2. The van der Waals surface area contributed by atoms with Crippen molar-refractivity contribution in [2.24, 2.45) is 0 Å². The maximum atomic E-state index is 3.57. The van der Waals surface area contributed by atoms with Crippen LogP contribution >= 0.6 is 11.8 Å². The third-order valence-electron chi connectivity index (χ3n) is 0.707. The molecule has 0 aromatic rings. The molecule has 0 heterocycles. The van der Waals surface area contributed by atoms with Gasteiger partial charge in [0, 0.05) is 0 Å². The Balaban J connectivity index is 2.98. The highest BCUT2D eigenvalue weighted by Gasteiger charge is 1.89. The number of rotatable bonds is 3. The lowest BCUT2D eigenvalue weighted by atomic mass is 10.8. The van der Waals surface area contributed by atoms with Gasteiger partial charge in [0.15, 0.2) is 0 Å². The molecular formula is C5H11NS. The molecule has 1 nitrogen and oxygen atoms in total. The molecule has 2 heteroatoms. The zero-order chi connectivity index (χ0) is 5.70. The van der Waals surface area contributed by atoms with Crippen molar-refractivity contribution in [3.8, 4) is 0 Å². The lowest BCUT2D eigenvalue weighted by molar-refractivity contribution is 0.809. The molecule has 0 aromatic carbocycles. The summed E-state index contributed by atoms with van der Waals surface area (Å²) < 4.78 is 0. The van der Waals surface area contributed by atoms with Crippen LogP contribution in [0.15, 0.2) is 12.0 Å². The fourth-order valence-electron chi connectivity index (χ4n) is 0.212. The largest absolute Gasteiger partial charge is 0.308 e. The van der Waals surface area contributed by atoms with Gasteiger partial charge in [0.05, 0.1) is 5.37 Å². The van der Waals surface area contributed by atoms with Gasteiger partial charge in [-0.25, -0.2) is 0 Å².